The van der Waals surface area contributed by atoms with Crippen molar-refractivity contribution in [1.82, 2.24) is 5.32 Å². The van der Waals surface area contributed by atoms with Gasteiger partial charge in [-0.05, 0) is 77.9 Å². The van der Waals surface area contributed by atoms with Gasteiger partial charge in [-0.25, -0.2) is 9.69 Å². The molecule has 3 rings (SSSR count). The number of halogens is 1. The van der Waals surface area contributed by atoms with E-state index in [1.807, 2.05) is 42.5 Å². The van der Waals surface area contributed by atoms with Gasteiger partial charge in [0.15, 0.2) is 3.77 Å². The number of aryl methyl sites for hydroxylation is 2. The molecule has 0 radical (unpaired) electrons. The average Bonchev–Trinajstić information content (AvgIpc) is 2.92. The summed E-state index contributed by atoms with van der Waals surface area (Å²) in [5, 5.41) is 2.18. The summed E-state index contributed by atoms with van der Waals surface area (Å²) in [6.45, 7) is 3.82. The minimum absolute atomic E-state index is 0.154. The second-order valence-electron chi connectivity index (χ2n) is 5.37. The maximum atomic E-state index is 12.7. The van der Waals surface area contributed by atoms with Gasteiger partial charge in [-0.2, -0.15) is 0 Å². The van der Waals surface area contributed by atoms with Crippen molar-refractivity contribution in [2.45, 2.75) is 13.8 Å². The molecule has 24 heavy (non-hydrogen) atoms. The molecule has 6 nitrogen and oxygen atoms in total. The molecule has 1 saturated heterocycles. The third-order valence-corrected chi connectivity index (χ3v) is 4.31. The number of urea groups is 1. The van der Waals surface area contributed by atoms with Crippen LogP contribution in [0.5, 0.6) is 0 Å². The molecule has 1 aliphatic rings. The predicted molar refractivity (Wildman–Crippen MR) is 96.3 cm³/mol. The molecule has 0 aliphatic carbocycles. The summed E-state index contributed by atoms with van der Waals surface area (Å²) in [4.78, 5) is 37.8. The number of furan rings is 1. The number of rotatable bonds is 2. The van der Waals surface area contributed by atoms with Crippen LogP contribution < -0.4 is 10.2 Å². The van der Waals surface area contributed by atoms with Gasteiger partial charge >= 0.3 is 6.03 Å². The Hall–Kier alpha value is -2.42. The van der Waals surface area contributed by atoms with Gasteiger partial charge in [0.2, 0.25) is 0 Å². The van der Waals surface area contributed by atoms with Crippen LogP contribution in [0.3, 0.4) is 0 Å². The molecule has 1 N–H and O–H groups in total. The first-order valence-corrected chi connectivity index (χ1v) is 8.19. The zero-order chi connectivity index (χ0) is 17.4. The van der Waals surface area contributed by atoms with Crippen molar-refractivity contribution in [2.75, 3.05) is 4.90 Å². The molecule has 1 fully saturated rings. The Labute approximate surface area is 151 Å². The predicted octanol–water partition coefficient (Wildman–Crippen LogP) is 3.17. The number of nitrogens with one attached hydrogen (secondary N) is 1. The van der Waals surface area contributed by atoms with E-state index < -0.39 is 17.8 Å². The molecule has 1 aromatic heterocycles. The summed E-state index contributed by atoms with van der Waals surface area (Å²) in [6, 6.07) is 7.81. The first kappa shape index (κ1) is 16.4. The number of imide groups is 2. The molecule has 122 valence electrons. The maximum Gasteiger partial charge on any atom is 0.335 e. The van der Waals surface area contributed by atoms with Crippen molar-refractivity contribution in [1.29, 1.82) is 0 Å². The maximum absolute atomic E-state index is 12.7. The Balaban J connectivity index is 2.02. The molecule has 1 aliphatic heterocycles. The molecular formula is C17H13IN2O4. The molecule has 0 spiro atoms. The number of hydrogen-bond acceptors (Lipinski definition) is 4. The SMILES string of the molecule is Cc1ccc(N2C(=O)NC(=O)/C(=C\c3ccc(I)o3)C2=O)cc1C. The topological polar surface area (TPSA) is 79.6 Å². The lowest BCUT2D eigenvalue weighted by Crippen LogP contribution is -2.54. The number of carbonyl (C=O) groups excluding carboxylic acids is 3. The fourth-order valence-corrected chi connectivity index (χ4v) is 2.74. The summed E-state index contributed by atoms with van der Waals surface area (Å²) >= 11 is 1.98. The van der Waals surface area contributed by atoms with Crippen LogP contribution in [-0.2, 0) is 9.59 Å². The lowest BCUT2D eigenvalue weighted by atomic mass is 10.1. The van der Waals surface area contributed by atoms with Crippen LogP contribution in [0.15, 0.2) is 40.3 Å². The summed E-state index contributed by atoms with van der Waals surface area (Å²) in [5.41, 5.74) is 2.24. The quantitative estimate of drug-likeness (QED) is 0.446. The van der Waals surface area contributed by atoms with E-state index in [-0.39, 0.29) is 5.57 Å². The van der Waals surface area contributed by atoms with E-state index >= 15 is 0 Å². The number of amides is 4. The Kier molecular flexibility index (Phi) is 4.27. The second-order valence-corrected chi connectivity index (χ2v) is 6.43. The number of barbiturate groups is 1. The molecule has 2 aromatic rings. The molecule has 0 saturated carbocycles. The van der Waals surface area contributed by atoms with Crippen molar-refractivity contribution in [3.8, 4) is 0 Å². The highest BCUT2D eigenvalue weighted by molar-refractivity contribution is 14.1. The number of benzene rings is 1. The van der Waals surface area contributed by atoms with E-state index in [0.717, 1.165) is 16.0 Å². The van der Waals surface area contributed by atoms with Gasteiger partial charge in [0, 0.05) is 0 Å². The normalized spacial score (nSPS) is 16.7. The average molecular weight is 436 g/mol. The van der Waals surface area contributed by atoms with Crippen LogP contribution >= 0.6 is 22.6 Å². The molecule has 0 atom stereocenters. The van der Waals surface area contributed by atoms with Gasteiger partial charge < -0.3 is 4.42 Å². The first-order chi connectivity index (χ1) is 11.4. The van der Waals surface area contributed by atoms with Crippen molar-refractivity contribution in [3.05, 3.63) is 56.6 Å². The number of hydrogen-bond donors (Lipinski definition) is 1. The van der Waals surface area contributed by atoms with Gasteiger partial charge in [0.25, 0.3) is 11.8 Å². The van der Waals surface area contributed by atoms with Crippen LogP contribution in [0.2, 0.25) is 0 Å². The lowest BCUT2D eigenvalue weighted by Gasteiger charge is -2.26. The number of nitrogens with zero attached hydrogens (tertiary/aromatic N) is 1. The van der Waals surface area contributed by atoms with E-state index in [4.69, 9.17) is 4.42 Å². The lowest BCUT2D eigenvalue weighted by molar-refractivity contribution is -0.122. The summed E-state index contributed by atoms with van der Waals surface area (Å²) < 4.78 is 5.99. The summed E-state index contributed by atoms with van der Waals surface area (Å²) in [7, 11) is 0. The van der Waals surface area contributed by atoms with Crippen LogP contribution in [0.25, 0.3) is 6.08 Å². The van der Waals surface area contributed by atoms with E-state index in [1.54, 1.807) is 24.3 Å². The van der Waals surface area contributed by atoms with Gasteiger partial charge in [-0.3, -0.25) is 14.9 Å². The smallest absolute Gasteiger partial charge is 0.335 e. The molecular weight excluding hydrogens is 423 g/mol. The Bertz CT molecular complexity index is 898. The zero-order valence-corrected chi connectivity index (χ0v) is 15.1. The highest BCUT2D eigenvalue weighted by Crippen LogP contribution is 2.24. The minimum atomic E-state index is -0.764. The van der Waals surface area contributed by atoms with Crippen LogP contribution in [0.1, 0.15) is 16.9 Å². The highest BCUT2D eigenvalue weighted by Gasteiger charge is 2.37. The zero-order valence-electron chi connectivity index (χ0n) is 12.9. The molecule has 7 heteroatoms. The minimum Gasteiger partial charge on any atom is -0.451 e. The third-order valence-electron chi connectivity index (χ3n) is 3.73. The molecule has 1 aromatic carbocycles. The fraction of sp³-hybridized carbons (Fsp3) is 0.118. The molecule has 4 amide bonds. The van der Waals surface area contributed by atoms with Crippen LogP contribution in [0, 0.1) is 17.6 Å². The second kappa shape index (κ2) is 6.23. The summed E-state index contributed by atoms with van der Waals surface area (Å²) in [5.74, 6) is -1.05. The van der Waals surface area contributed by atoms with E-state index in [0.29, 0.717) is 15.2 Å². The summed E-state index contributed by atoms with van der Waals surface area (Å²) in [6.07, 6.45) is 1.33. The highest BCUT2D eigenvalue weighted by atomic mass is 127. The Morgan fingerprint density at radius 3 is 2.46 bits per heavy atom. The molecule has 0 unspecified atom stereocenters. The monoisotopic (exact) mass is 436 g/mol. The van der Waals surface area contributed by atoms with Crippen molar-refractivity contribution < 1.29 is 18.8 Å². The standard InChI is InChI=1S/C17H13IN2O4/c1-9-3-4-11(7-10(9)2)20-16(22)13(15(21)19-17(20)23)8-12-5-6-14(18)24-12/h3-8H,1-2H3,(H,19,21,23)/b13-8+. The third kappa shape index (κ3) is 2.99. The Morgan fingerprint density at radius 2 is 1.83 bits per heavy atom. The Morgan fingerprint density at radius 1 is 1.08 bits per heavy atom. The van der Waals surface area contributed by atoms with Crippen molar-refractivity contribution in [3.63, 3.8) is 0 Å². The first-order valence-electron chi connectivity index (χ1n) is 7.11. The largest absolute Gasteiger partial charge is 0.451 e. The van der Waals surface area contributed by atoms with E-state index in [9.17, 15) is 14.4 Å². The van der Waals surface area contributed by atoms with Gasteiger partial charge in [-0.15, -0.1) is 0 Å². The number of anilines is 1. The number of carbonyl (C=O) groups is 3. The van der Waals surface area contributed by atoms with E-state index in [2.05, 4.69) is 5.32 Å². The van der Waals surface area contributed by atoms with Crippen molar-refractivity contribution >= 4 is 52.2 Å². The van der Waals surface area contributed by atoms with Crippen molar-refractivity contribution in [2.24, 2.45) is 0 Å². The van der Waals surface area contributed by atoms with Gasteiger partial charge in [0.05, 0.1) is 5.69 Å². The van der Waals surface area contributed by atoms with E-state index in [1.165, 1.54) is 6.08 Å². The van der Waals surface area contributed by atoms with Gasteiger partial charge in [-0.1, -0.05) is 6.07 Å². The fourth-order valence-electron chi connectivity index (χ4n) is 2.30. The molecule has 2 heterocycles. The van der Waals surface area contributed by atoms with Crippen LogP contribution in [-0.4, -0.2) is 17.8 Å². The van der Waals surface area contributed by atoms with Crippen LogP contribution in [0.4, 0.5) is 10.5 Å². The van der Waals surface area contributed by atoms with Gasteiger partial charge in [0.1, 0.15) is 11.3 Å². The molecule has 0 bridgehead atoms.